The van der Waals surface area contributed by atoms with Gasteiger partial charge in [-0.25, -0.2) is 4.31 Å². The number of nitrogens with one attached hydrogen (secondary N) is 1. The molecule has 0 spiro atoms. The van der Waals surface area contributed by atoms with Gasteiger partial charge < -0.3 is 10.2 Å². The van der Waals surface area contributed by atoms with Gasteiger partial charge >= 0.3 is 10.2 Å². The van der Waals surface area contributed by atoms with Gasteiger partial charge in [0.1, 0.15) is 12.6 Å². The molecule has 8 nitrogen and oxygen atoms in total. The van der Waals surface area contributed by atoms with Crippen LogP contribution in [0.2, 0.25) is 10.0 Å². The second kappa shape index (κ2) is 13.1. The van der Waals surface area contributed by atoms with Gasteiger partial charge in [-0.05, 0) is 43.2 Å². The fourth-order valence-corrected chi connectivity index (χ4v) is 4.79. The van der Waals surface area contributed by atoms with E-state index in [4.69, 9.17) is 23.2 Å². The summed E-state index contributed by atoms with van der Waals surface area (Å²) in [7, 11) is -1.21. The number of rotatable bonds is 12. The average molecular weight is 544 g/mol. The number of amides is 2. The molecule has 0 bridgehead atoms. The van der Waals surface area contributed by atoms with E-state index in [9.17, 15) is 18.0 Å². The van der Waals surface area contributed by atoms with Crippen LogP contribution in [0.4, 0.5) is 5.69 Å². The van der Waals surface area contributed by atoms with Crippen molar-refractivity contribution in [2.75, 3.05) is 31.5 Å². The van der Waals surface area contributed by atoms with Gasteiger partial charge in [-0.2, -0.15) is 12.7 Å². The molecule has 0 heterocycles. The van der Waals surface area contributed by atoms with Crippen molar-refractivity contribution >= 4 is 50.9 Å². The minimum Gasteiger partial charge on any atom is -0.354 e. The summed E-state index contributed by atoms with van der Waals surface area (Å²) in [5.74, 6) is -0.887. The van der Waals surface area contributed by atoms with Crippen LogP contribution in [0.1, 0.15) is 32.3 Å². The summed E-state index contributed by atoms with van der Waals surface area (Å²) in [5, 5.41) is 3.62. The third-order valence-corrected chi connectivity index (χ3v) is 7.82. The van der Waals surface area contributed by atoms with Crippen molar-refractivity contribution in [3.05, 3.63) is 64.1 Å². The first-order chi connectivity index (χ1) is 16.5. The zero-order valence-corrected chi connectivity index (χ0v) is 22.7. The van der Waals surface area contributed by atoms with Crippen LogP contribution in [0, 0.1) is 0 Å². The van der Waals surface area contributed by atoms with Crippen molar-refractivity contribution in [2.45, 2.75) is 39.3 Å². The van der Waals surface area contributed by atoms with Crippen molar-refractivity contribution in [2.24, 2.45) is 0 Å². The highest BCUT2D eigenvalue weighted by molar-refractivity contribution is 7.90. The standard InChI is InChI=1S/C24H32Cl2N4O4S/c1-5-6-14-27-24(32)18(2)29(16-19-12-13-20(25)15-22(19)26)23(31)17-30(35(33,34)28(3)4)21-10-8-7-9-11-21/h7-13,15,18H,5-6,14,16-17H2,1-4H3,(H,27,32)/t18-/m1/s1. The Labute approximate surface area is 218 Å². The maximum atomic E-state index is 13.6. The van der Waals surface area contributed by atoms with Crippen LogP contribution in [0.5, 0.6) is 0 Å². The molecule has 2 rings (SSSR count). The van der Waals surface area contributed by atoms with Crippen LogP contribution in [0.25, 0.3) is 0 Å². The lowest BCUT2D eigenvalue weighted by atomic mass is 10.1. The molecule has 2 amide bonds. The summed E-state index contributed by atoms with van der Waals surface area (Å²) in [6, 6.07) is 12.3. The van der Waals surface area contributed by atoms with Crippen LogP contribution >= 0.6 is 23.2 Å². The first-order valence-corrected chi connectivity index (χ1v) is 13.4. The van der Waals surface area contributed by atoms with Crippen molar-refractivity contribution in [3.63, 3.8) is 0 Å². The topological polar surface area (TPSA) is 90.0 Å². The Kier molecular flexibility index (Phi) is 10.8. The van der Waals surface area contributed by atoms with E-state index in [0.29, 0.717) is 27.8 Å². The first-order valence-electron chi connectivity index (χ1n) is 11.2. The highest BCUT2D eigenvalue weighted by Crippen LogP contribution is 2.24. The molecule has 1 N–H and O–H groups in total. The lowest BCUT2D eigenvalue weighted by Crippen LogP contribution is -2.52. The zero-order valence-electron chi connectivity index (χ0n) is 20.4. The second-order valence-electron chi connectivity index (χ2n) is 8.21. The number of carbonyl (C=O) groups is 2. The normalized spacial score (nSPS) is 12.3. The molecule has 1 atom stereocenters. The predicted molar refractivity (Wildman–Crippen MR) is 141 cm³/mol. The van der Waals surface area contributed by atoms with E-state index < -0.39 is 28.7 Å². The van der Waals surface area contributed by atoms with E-state index in [1.54, 1.807) is 55.5 Å². The van der Waals surface area contributed by atoms with E-state index in [0.717, 1.165) is 21.5 Å². The van der Waals surface area contributed by atoms with Gasteiger partial charge in [-0.3, -0.25) is 9.59 Å². The zero-order chi connectivity index (χ0) is 26.2. The Hall–Kier alpha value is -2.33. The largest absolute Gasteiger partial charge is 0.354 e. The molecule has 0 aliphatic carbocycles. The SMILES string of the molecule is CCCCNC(=O)[C@@H](C)N(Cc1ccc(Cl)cc1Cl)C(=O)CN(c1ccccc1)S(=O)(=O)N(C)C. The first kappa shape index (κ1) is 28.9. The Balaban J connectivity index is 2.42. The number of benzene rings is 2. The number of hydrogen-bond donors (Lipinski definition) is 1. The van der Waals surface area contributed by atoms with Crippen LogP contribution in [-0.4, -0.2) is 62.7 Å². The van der Waals surface area contributed by atoms with Crippen molar-refractivity contribution in [1.82, 2.24) is 14.5 Å². The smallest absolute Gasteiger partial charge is 0.304 e. The summed E-state index contributed by atoms with van der Waals surface area (Å²) in [4.78, 5) is 27.8. The number of carbonyl (C=O) groups excluding carboxylic acids is 2. The molecule has 11 heteroatoms. The Morgan fingerprint density at radius 3 is 2.29 bits per heavy atom. The lowest BCUT2D eigenvalue weighted by Gasteiger charge is -2.33. The van der Waals surface area contributed by atoms with E-state index in [2.05, 4.69) is 5.32 Å². The number of hydrogen-bond acceptors (Lipinski definition) is 4. The van der Waals surface area contributed by atoms with E-state index in [1.807, 2.05) is 6.92 Å². The lowest BCUT2D eigenvalue weighted by molar-refractivity contribution is -0.139. The minimum absolute atomic E-state index is 0.00183. The number of nitrogens with zero attached hydrogens (tertiary/aromatic N) is 3. The third-order valence-electron chi connectivity index (χ3n) is 5.42. The van der Waals surface area contributed by atoms with E-state index in [-0.39, 0.29) is 12.5 Å². The summed E-state index contributed by atoms with van der Waals surface area (Å²) in [5.41, 5.74) is 0.915. The molecule has 0 saturated heterocycles. The molecule has 192 valence electrons. The predicted octanol–water partition coefficient (Wildman–Crippen LogP) is 3.94. The van der Waals surface area contributed by atoms with Gasteiger partial charge in [-0.1, -0.05) is 60.8 Å². The summed E-state index contributed by atoms with van der Waals surface area (Å²) < 4.78 is 28.2. The number of halogens is 2. The van der Waals surface area contributed by atoms with Crippen LogP contribution < -0.4 is 9.62 Å². The van der Waals surface area contributed by atoms with Gasteiger partial charge in [0.15, 0.2) is 0 Å². The Morgan fingerprint density at radius 1 is 1.06 bits per heavy atom. The number of unbranched alkanes of at least 4 members (excludes halogenated alkanes) is 1. The fraction of sp³-hybridized carbons (Fsp3) is 0.417. The van der Waals surface area contributed by atoms with Gasteiger partial charge in [0, 0.05) is 37.2 Å². The Bertz CT molecular complexity index is 1110. The van der Waals surface area contributed by atoms with Gasteiger partial charge in [0.2, 0.25) is 11.8 Å². The highest BCUT2D eigenvalue weighted by Gasteiger charge is 2.32. The molecule has 2 aromatic carbocycles. The molecule has 0 aliphatic heterocycles. The summed E-state index contributed by atoms with van der Waals surface area (Å²) in [6.45, 7) is 3.60. The molecule has 35 heavy (non-hydrogen) atoms. The van der Waals surface area contributed by atoms with Gasteiger partial charge in [-0.15, -0.1) is 0 Å². The van der Waals surface area contributed by atoms with Crippen molar-refractivity contribution in [3.8, 4) is 0 Å². The van der Waals surface area contributed by atoms with Crippen molar-refractivity contribution < 1.29 is 18.0 Å². The molecular weight excluding hydrogens is 511 g/mol. The molecular formula is C24H32Cl2N4O4S. The van der Waals surface area contributed by atoms with Crippen LogP contribution in [0.15, 0.2) is 48.5 Å². The monoisotopic (exact) mass is 542 g/mol. The molecule has 0 saturated carbocycles. The Morgan fingerprint density at radius 2 is 1.71 bits per heavy atom. The van der Waals surface area contributed by atoms with Gasteiger partial charge in [0.05, 0.1) is 5.69 Å². The van der Waals surface area contributed by atoms with Crippen LogP contribution in [0.3, 0.4) is 0 Å². The highest BCUT2D eigenvalue weighted by atomic mass is 35.5. The second-order valence-corrected chi connectivity index (χ2v) is 11.1. The summed E-state index contributed by atoms with van der Waals surface area (Å²) >= 11 is 12.4. The van der Waals surface area contributed by atoms with E-state index in [1.165, 1.54) is 19.0 Å². The molecule has 0 aliphatic rings. The van der Waals surface area contributed by atoms with Crippen LogP contribution in [-0.2, 0) is 26.3 Å². The van der Waals surface area contributed by atoms with E-state index >= 15 is 0 Å². The minimum atomic E-state index is -4.00. The fourth-order valence-electron chi connectivity index (χ4n) is 3.26. The number of para-hydroxylation sites is 1. The molecule has 2 aromatic rings. The quantitative estimate of drug-likeness (QED) is 0.411. The number of anilines is 1. The van der Waals surface area contributed by atoms with Crippen molar-refractivity contribution in [1.29, 1.82) is 0 Å². The molecule has 0 unspecified atom stereocenters. The summed E-state index contributed by atoms with van der Waals surface area (Å²) in [6.07, 6.45) is 1.71. The third kappa shape index (κ3) is 7.83. The van der Waals surface area contributed by atoms with Gasteiger partial charge in [0.25, 0.3) is 0 Å². The maximum absolute atomic E-state index is 13.6. The molecule has 0 aromatic heterocycles. The average Bonchev–Trinajstić information content (AvgIpc) is 2.82. The molecule has 0 fully saturated rings. The molecule has 0 radical (unpaired) electrons. The maximum Gasteiger partial charge on any atom is 0.304 e.